The largest absolute Gasteiger partial charge is 0.383 e. The van der Waals surface area contributed by atoms with Crippen LogP contribution in [-0.4, -0.2) is 24.2 Å². The molecule has 1 amide bonds. The Morgan fingerprint density at radius 1 is 1.80 bits per heavy atom. The van der Waals surface area contributed by atoms with Gasteiger partial charge < -0.3 is 10.4 Å². The summed E-state index contributed by atoms with van der Waals surface area (Å²) in [5.41, 5.74) is 0. The molecule has 1 fully saturated rings. The molecule has 0 saturated heterocycles. The quantitative estimate of drug-likeness (QED) is 0.579. The lowest BCUT2D eigenvalue weighted by Crippen LogP contribution is -2.31. The molecule has 0 spiro atoms. The first-order valence-corrected chi connectivity index (χ1v) is 3.63. The average molecular weight is 143 g/mol. The third kappa shape index (κ3) is 1.99. The molecule has 2 N–H and O–H groups in total. The van der Waals surface area contributed by atoms with E-state index in [9.17, 15) is 4.79 Å². The summed E-state index contributed by atoms with van der Waals surface area (Å²) in [7, 11) is 1.54. The molecule has 0 heterocycles. The van der Waals surface area contributed by atoms with E-state index in [1.165, 1.54) is 12.8 Å². The van der Waals surface area contributed by atoms with Crippen LogP contribution in [0.4, 0.5) is 0 Å². The van der Waals surface area contributed by atoms with Crippen molar-refractivity contribution in [1.29, 1.82) is 0 Å². The SMILES string of the molecule is CNC(=O)C(O)CC1CC1. The normalized spacial score (nSPS) is 20.2. The van der Waals surface area contributed by atoms with Gasteiger partial charge in [-0.1, -0.05) is 12.8 Å². The molecule has 3 heteroatoms. The summed E-state index contributed by atoms with van der Waals surface area (Å²) in [5.74, 6) is 0.346. The highest BCUT2D eigenvalue weighted by Crippen LogP contribution is 2.33. The lowest BCUT2D eigenvalue weighted by atomic mass is 10.2. The molecular weight excluding hydrogens is 130 g/mol. The molecule has 1 aliphatic rings. The van der Waals surface area contributed by atoms with Crippen molar-refractivity contribution in [1.82, 2.24) is 5.32 Å². The van der Waals surface area contributed by atoms with Crippen LogP contribution in [0.3, 0.4) is 0 Å². The topological polar surface area (TPSA) is 49.3 Å². The lowest BCUT2D eigenvalue weighted by molar-refractivity contribution is -0.129. The number of aliphatic hydroxyl groups excluding tert-OH is 1. The Bertz CT molecular complexity index is 132. The van der Waals surface area contributed by atoms with Crippen LogP contribution in [0.1, 0.15) is 19.3 Å². The van der Waals surface area contributed by atoms with E-state index < -0.39 is 6.10 Å². The number of amides is 1. The minimum absolute atomic E-state index is 0.257. The van der Waals surface area contributed by atoms with E-state index in [1.807, 2.05) is 0 Å². The summed E-state index contributed by atoms with van der Waals surface area (Å²) in [6.07, 6.45) is 2.21. The fourth-order valence-corrected chi connectivity index (χ4v) is 0.943. The molecule has 0 radical (unpaired) electrons. The third-order valence-electron chi connectivity index (χ3n) is 1.80. The predicted octanol–water partition coefficient (Wildman–Crippen LogP) is -0.107. The smallest absolute Gasteiger partial charge is 0.248 e. The van der Waals surface area contributed by atoms with Crippen LogP contribution in [0.5, 0.6) is 0 Å². The standard InChI is InChI=1S/C7H13NO2/c1-8-7(10)6(9)4-5-2-3-5/h5-6,9H,2-4H2,1H3,(H,8,10). The number of hydrogen-bond donors (Lipinski definition) is 2. The number of aliphatic hydroxyl groups is 1. The number of carbonyl (C=O) groups is 1. The van der Waals surface area contributed by atoms with Crippen molar-refractivity contribution in [3.63, 3.8) is 0 Å². The van der Waals surface area contributed by atoms with E-state index in [-0.39, 0.29) is 5.91 Å². The minimum atomic E-state index is -0.780. The Morgan fingerprint density at radius 2 is 2.40 bits per heavy atom. The second kappa shape index (κ2) is 3.01. The monoisotopic (exact) mass is 143 g/mol. The first-order chi connectivity index (χ1) is 4.74. The Hall–Kier alpha value is -0.570. The van der Waals surface area contributed by atoms with Crippen LogP contribution < -0.4 is 5.32 Å². The van der Waals surface area contributed by atoms with E-state index in [1.54, 1.807) is 7.05 Å². The van der Waals surface area contributed by atoms with E-state index in [0.717, 1.165) is 0 Å². The van der Waals surface area contributed by atoms with E-state index >= 15 is 0 Å². The molecule has 1 aliphatic carbocycles. The minimum Gasteiger partial charge on any atom is -0.383 e. The van der Waals surface area contributed by atoms with Gasteiger partial charge in [0.05, 0.1) is 0 Å². The number of carbonyl (C=O) groups excluding carboxylic acids is 1. The second-order valence-corrected chi connectivity index (χ2v) is 2.81. The summed E-state index contributed by atoms with van der Waals surface area (Å²) in [6.45, 7) is 0. The fourth-order valence-electron chi connectivity index (χ4n) is 0.943. The Balaban J connectivity index is 2.18. The zero-order chi connectivity index (χ0) is 7.56. The average Bonchev–Trinajstić information content (AvgIpc) is 2.70. The molecule has 0 aromatic carbocycles. The van der Waals surface area contributed by atoms with Crippen molar-refractivity contribution in [3.8, 4) is 0 Å². The molecule has 0 aromatic heterocycles. The Kier molecular flexibility index (Phi) is 2.27. The fraction of sp³-hybridized carbons (Fsp3) is 0.857. The third-order valence-corrected chi connectivity index (χ3v) is 1.80. The van der Waals surface area contributed by atoms with Crippen molar-refractivity contribution in [2.45, 2.75) is 25.4 Å². The van der Waals surface area contributed by atoms with Gasteiger partial charge in [0.25, 0.3) is 0 Å². The highest BCUT2D eigenvalue weighted by molar-refractivity contribution is 5.80. The molecule has 0 aliphatic heterocycles. The maximum absolute atomic E-state index is 10.7. The van der Waals surface area contributed by atoms with Crippen molar-refractivity contribution in [2.75, 3.05) is 7.05 Å². The Morgan fingerprint density at radius 3 is 2.80 bits per heavy atom. The molecular formula is C7H13NO2. The molecule has 1 unspecified atom stereocenters. The van der Waals surface area contributed by atoms with Crippen LogP contribution in [-0.2, 0) is 4.79 Å². The van der Waals surface area contributed by atoms with Crippen LogP contribution in [0.2, 0.25) is 0 Å². The Labute approximate surface area is 60.4 Å². The van der Waals surface area contributed by atoms with Gasteiger partial charge in [-0.25, -0.2) is 0 Å². The van der Waals surface area contributed by atoms with Crippen molar-refractivity contribution < 1.29 is 9.90 Å². The summed E-state index contributed by atoms with van der Waals surface area (Å²) < 4.78 is 0. The van der Waals surface area contributed by atoms with Crippen molar-refractivity contribution in [2.24, 2.45) is 5.92 Å². The van der Waals surface area contributed by atoms with Crippen molar-refractivity contribution in [3.05, 3.63) is 0 Å². The summed E-state index contributed by atoms with van der Waals surface area (Å²) >= 11 is 0. The van der Waals surface area contributed by atoms with Crippen molar-refractivity contribution >= 4 is 5.91 Å². The molecule has 1 atom stereocenters. The lowest BCUT2D eigenvalue weighted by Gasteiger charge is -2.06. The van der Waals surface area contributed by atoms with Gasteiger partial charge in [-0.05, 0) is 12.3 Å². The van der Waals surface area contributed by atoms with E-state index in [2.05, 4.69) is 5.32 Å². The number of hydrogen-bond acceptors (Lipinski definition) is 2. The first-order valence-electron chi connectivity index (χ1n) is 3.63. The van der Waals surface area contributed by atoms with E-state index in [4.69, 9.17) is 5.11 Å². The molecule has 58 valence electrons. The molecule has 0 bridgehead atoms. The van der Waals surface area contributed by atoms with Crippen LogP contribution in [0, 0.1) is 5.92 Å². The summed E-state index contributed by atoms with van der Waals surface area (Å²) in [5, 5.41) is 11.5. The highest BCUT2D eigenvalue weighted by atomic mass is 16.3. The van der Waals surface area contributed by atoms with Gasteiger partial charge in [0, 0.05) is 7.05 Å². The molecule has 10 heavy (non-hydrogen) atoms. The first kappa shape index (κ1) is 7.54. The molecule has 1 rings (SSSR count). The predicted molar refractivity (Wildman–Crippen MR) is 37.4 cm³/mol. The van der Waals surface area contributed by atoms with Gasteiger partial charge in [-0.2, -0.15) is 0 Å². The van der Waals surface area contributed by atoms with Gasteiger partial charge in [-0.3, -0.25) is 4.79 Å². The van der Waals surface area contributed by atoms with E-state index in [0.29, 0.717) is 12.3 Å². The number of nitrogens with one attached hydrogen (secondary N) is 1. The number of rotatable bonds is 3. The molecule has 1 saturated carbocycles. The molecule has 3 nitrogen and oxygen atoms in total. The van der Waals surface area contributed by atoms with Crippen LogP contribution >= 0.6 is 0 Å². The van der Waals surface area contributed by atoms with Gasteiger partial charge in [-0.15, -0.1) is 0 Å². The van der Waals surface area contributed by atoms with Crippen LogP contribution in [0.15, 0.2) is 0 Å². The molecule has 0 aromatic rings. The highest BCUT2D eigenvalue weighted by Gasteiger charge is 2.27. The second-order valence-electron chi connectivity index (χ2n) is 2.81. The summed E-state index contributed by atoms with van der Waals surface area (Å²) in [4.78, 5) is 10.7. The summed E-state index contributed by atoms with van der Waals surface area (Å²) in [6, 6.07) is 0. The zero-order valence-corrected chi connectivity index (χ0v) is 6.13. The maximum Gasteiger partial charge on any atom is 0.248 e. The zero-order valence-electron chi connectivity index (χ0n) is 6.13. The van der Waals surface area contributed by atoms with Crippen LogP contribution in [0.25, 0.3) is 0 Å². The van der Waals surface area contributed by atoms with Gasteiger partial charge in [0.2, 0.25) is 5.91 Å². The van der Waals surface area contributed by atoms with Gasteiger partial charge in [0.15, 0.2) is 0 Å². The maximum atomic E-state index is 10.7. The van der Waals surface area contributed by atoms with Gasteiger partial charge >= 0.3 is 0 Å². The number of likely N-dealkylation sites (N-methyl/N-ethyl adjacent to an activating group) is 1. The van der Waals surface area contributed by atoms with Gasteiger partial charge in [0.1, 0.15) is 6.10 Å².